The number of rotatable bonds is 6. The van der Waals surface area contributed by atoms with Crippen molar-refractivity contribution in [2.45, 2.75) is 57.9 Å². The molecule has 168 valence electrons. The summed E-state index contributed by atoms with van der Waals surface area (Å²) in [5, 5.41) is 1.22. The summed E-state index contributed by atoms with van der Waals surface area (Å²) in [6, 6.07) is 8.42. The molecule has 1 aromatic heterocycles. The van der Waals surface area contributed by atoms with Crippen molar-refractivity contribution in [2.24, 2.45) is 11.8 Å². The maximum atomic E-state index is 13.5. The molecule has 1 saturated heterocycles. The molecule has 1 N–H and O–H groups in total. The maximum absolute atomic E-state index is 13.5. The van der Waals surface area contributed by atoms with E-state index in [4.69, 9.17) is 9.47 Å². The molecule has 0 saturated carbocycles. The van der Waals surface area contributed by atoms with Gasteiger partial charge >= 0.3 is 11.9 Å². The van der Waals surface area contributed by atoms with Gasteiger partial charge in [-0.3, -0.25) is 14.5 Å². The van der Waals surface area contributed by atoms with Gasteiger partial charge in [-0.25, -0.2) is 0 Å². The number of ether oxygens (including phenoxy) is 2. The molecule has 4 rings (SSSR count). The number of para-hydroxylation sites is 1. The zero-order valence-electron chi connectivity index (χ0n) is 19.1. The summed E-state index contributed by atoms with van der Waals surface area (Å²) in [6.07, 6.45) is 3.54. The Kier molecular flexibility index (Phi) is 6.11. The van der Waals surface area contributed by atoms with Crippen LogP contribution >= 0.6 is 0 Å². The second-order valence-corrected chi connectivity index (χ2v) is 9.45. The number of methoxy groups -OCH3 is 1. The van der Waals surface area contributed by atoms with Crippen LogP contribution in [0.3, 0.4) is 0 Å². The summed E-state index contributed by atoms with van der Waals surface area (Å²) in [4.78, 5) is 30.6. The van der Waals surface area contributed by atoms with Crippen molar-refractivity contribution in [2.75, 3.05) is 26.8 Å². The van der Waals surface area contributed by atoms with E-state index in [0.29, 0.717) is 18.4 Å². The van der Waals surface area contributed by atoms with Crippen LogP contribution in [0.25, 0.3) is 10.9 Å². The monoisotopic (exact) mass is 426 g/mol. The number of hydrogen-bond donors (Lipinski definition) is 1. The largest absolute Gasteiger partial charge is 0.468 e. The number of hydrogen-bond acceptors (Lipinski definition) is 5. The van der Waals surface area contributed by atoms with Crippen molar-refractivity contribution < 1.29 is 19.1 Å². The predicted molar refractivity (Wildman–Crippen MR) is 120 cm³/mol. The molecule has 1 aromatic carbocycles. The summed E-state index contributed by atoms with van der Waals surface area (Å²) >= 11 is 0. The molecule has 0 spiro atoms. The molecule has 2 aliphatic heterocycles. The molecule has 3 heterocycles. The van der Waals surface area contributed by atoms with E-state index in [2.05, 4.69) is 41.9 Å². The lowest BCUT2D eigenvalue weighted by molar-refractivity contribution is -0.154. The third-order valence-electron chi connectivity index (χ3n) is 7.47. The minimum absolute atomic E-state index is 0.0712. The molecule has 1 fully saturated rings. The molecule has 6 heteroatoms. The highest BCUT2D eigenvalue weighted by Crippen LogP contribution is 2.48. The van der Waals surface area contributed by atoms with E-state index in [1.807, 2.05) is 6.07 Å². The number of benzene rings is 1. The van der Waals surface area contributed by atoms with Gasteiger partial charge in [0.1, 0.15) is 5.41 Å². The van der Waals surface area contributed by atoms with Crippen LogP contribution in [-0.4, -0.2) is 54.7 Å². The van der Waals surface area contributed by atoms with Gasteiger partial charge in [-0.1, -0.05) is 25.1 Å². The van der Waals surface area contributed by atoms with E-state index in [9.17, 15) is 9.59 Å². The Bertz CT molecular complexity index is 968. The molecule has 0 amide bonds. The number of carbonyl (C=O) groups is 2. The van der Waals surface area contributed by atoms with Crippen LogP contribution in [0.4, 0.5) is 0 Å². The molecule has 4 unspecified atom stereocenters. The summed E-state index contributed by atoms with van der Waals surface area (Å²) in [6.45, 7) is 8.21. The Labute approximate surface area is 184 Å². The van der Waals surface area contributed by atoms with E-state index in [1.54, 1.807) is 0 Å². The highest BCUT2D eigenvalue weighted by molar-refractivity contribution is 5.91. The number of nitrogens with zero attached hydrogens (tertiary/aromatic N) is 1. The lowest BCUT2D eigenvalue weighted by Gasteiger charge is -2.48. The lowest BCUT2D eigenvalue weighted by Crippen LogP contribution is -2.59. The third-order valence-corrected chi connectivity index (χ3v) is 7.47. The van der Waals surface area contributed by atoms with Crippen LogP contribution in [0.1, 0.15) is 51.3 Å². The third kappa shape index (κ3) is 3.86. The summed E-state index contributed by atoms with van der Waals surface area (Å²) in [5.74, 6) is 0.418. The van der Waals surface area contributed by atoms with E-state index < -0.39 is 5.41 Å². The Balaban J connectivity index is 1.68. The Morgan fingerprint density at radius 2 is 2.10 bits per heavy atom. The Hall–Kier alpha value is -2.34. The molecular weight excluding hydrogens is 392 g/mol. The molecular formula is C25H34N2O4. The van der Waals surface area contributed by atoms with Crippen LogP contribution in [0, 0.1) is 11.8 Å². The van der Waals surface area contributed by atoms with Gasteiger partial charge in [0, 0.05) is 42.7 Å². The van der Waals surface area contributed by atoms with E-state index in [0.717, 1.165) is 50.0 Å². The van der Waals surface area contributed by atoms with Gasteiger partial charge in [0.25, 0.3) is 0 Å². The zero-order valence-corrected chi connectivity index (χ0v) is 19.1. The molecule has 0 radical (unpaired) electrons. The van der Waals surface area contributed by atoms with Gasteiger partial charge in [-0.05, 0) is 56.1 Å². The van der Waals surface area contributed by atoms with Crippen molar-refractivity contribution in [1.82, 2.24) is 9.88 Å². The minimum Gasteiger partial charge on any atom is -0.468 e. The first kappa shape index (κ1) is 21.9. The lowest BCUT2D eigenvalue weighted by atomic mass is 9.66. The van der Waals surface area contributed by atoms with Crippen LogP contribution < -0.4 is 0 Å². The van der Waals surface area contributed by atoms with Crippen molar-refractivity contribution in [1.29, 1.82) is 0 Å². The highest BCUT2D eigenvalue weighted by atomic mass is 16.5. The van der Waals surface area contributed by atoms with Gasteiger partial charge < -0.3 is 14.5 Å². The molecule has 0 aliphatic carbocycles. The first-order chi connectivity index (χ1) is 14.9. The molecule has 2 aromatic rings. The fourth-order valence-corrected chi connectivity index (χ4v) is 5.97. The smallest absolute Gasteiger partial charge is 0.319 e. The Morgan fingerprint density at radius 1 is 1.32 bits per heavy atom. The summed E-state index contributed by atoms with van der Waals surface area (Å²) in [5.41, 5.74) is 2.71. The molecule has 6 nitrogen and oxygen atoms in total. The standard InChI is InChI=1S/C25H34N2O4/c1-16(10-12-31-18(3)28)13-19-14-25(24(29)30-4)17(2)27(15-19)11-9-21-20-7-5-6-8-22(20)26-23(21)25/h5-8,16-17,19,26H,9-15H2,1-4H3/t16?,17?,19-,25?/m0/s1. The van der Waals surface area contributed by atoms with Crippen molar-refractivity contribution in [3.63, 3.8) is 0 Å². The first-order valence-electron chi connectivity index (χ1n) is 11.4. The van der Waals surface area contributed by atoms with Crippen molar-refractivity contribution in [3.8, 4) is 0 Å². The van der Waals surface area contributed by atoms with E-state index in [-0.39, 0.29) is 18.0 Å². The Morgan fingerprint density at radius 3 is 2.84 bits per heavy atom. The van der Waals surface area contributed by atoms with Crippen LogP contribution in [0.15, 0.2) is 24.3 Å². The number of esters is 2. The second-order valence-electron chi connectivity index (χ2n) is 9.45. The molecule has 5 atom stereocenters. The maximum Gasteiger partial charge on any atom is 0.319 e. The highest BCUT2D eigenvalue weighted by Gasteiger charge is 2.56. The summed E-state index contributed by atoms with van der Waals surface area (Å²) < 4.78 is 10.6. The number of H-pyrrole nitrogens is 1. The quantitative estimate of drug-likeness (QED) is 0.711. The van der Waals surface area contributed by atoms with Gasteiger partial charge in [0.15, 0.2) is 0 Å². The van der Waals surface area contributed by atoms with Gasteiger partial charge in [-0.2, -0.15) is 0 Å². The van der Waals surface area contributed by atoms with E-state index in [1.165, 1.54) is 25.0 Å². The topological polar surface area (TPSA) is 71.6 Å². The minimum atomic E-state index is -0.696. The van der Waals surface area contributed by atoms with Gasteiger partial charge in [0.05, 0.1) is 13.7 Å². The predicted octanol–water partition coefficient (Wildman–Crippen LogP) is 3.82. The van der Waals surface area contributed by atoms with Crippen molar-refractivity contribution in [3.05, 3.63) is 35.5 Å². The second kappa shape index (κ2) is 8.65. The average Bonchev–Trinajstić information content (AvgIpc) is 3.09. The SMILES string of the molecule is COC(=O)C12C[C@H](CC(C)CCOC(C)=O)CN(CCc3c1[nH]c1ccccc31)C2C. The molecule has 2 aliphatic rings. The number of fused-ring (bicyclic) bond motifs is 6. The molecule has 2 bridgehead atoms. The average molecular weight is 427 g/mol. The number of aromatic nitrogens is 1. The first-order valence-corrected chi connectivity index (χ1v) is 11.4. The normalized spacial score (nSPS) is 28.5. The van der Waals surface area contributed by atoms with Crippen LogP contribution in [0.5, 0.6) is 0 Å². The van der Waals surface area contributed by atoms with Crippen LogP contribution in [-0.2, 0) is 30.9 Å². The van der Waals surface area contributed by atoms with Crippen molar-refractivity contribution >= 4 is 22.8 Å². The fourth-order valence-electron chi connectivity index (χ4n) is 5.97. The van der Waals surface area contributed by atoms with E-state index >= 15 is 0 Å². The van der Waals surface area contributed by atoms with Crippen LogP contribution in [0.2, 0.25) is 0 Å². The van der Waals surface area contributed by atoms with Gasteiger partial charge in [0.2, 0.25) is 0 Å². The number of aromatic amines is 1. The zero-order chi connectivity index (χ0) is 22.2. The number of piperidine rings is 1. The number of carbonyl (C=O) groups excluding carboxylic acids is 2. The summed E-state index contributed by atoms with van der Waals surface area (Å²) in [7, 11) is 1.51. The fraction of sp³-hybridized carbons (Fsp3) is 0.600. The number of nitrogens with one attached hydrogen (secondary N) is 1. The molecule has 31 heavy (non-hydrogen) atoms. The van der Waals surface area contributed by atoms with Gasteiger partial charge in [-0.15, -0.1) is 0 Å².